The van der Waals surface area contributed by atoms with Gasteiger partial charge in [0.05, 0.1) is 17.1 Å². The second-order valence-corrected chi connectivity index (χ2v) is 10.6. The van der Waals surface area contributed by atoms with E-state index in [4.69, 9.17) is 16.2 Å². The second kappa shape index (κ2) is 10.2. The van der Waals surface area contributed by atoms with Crippen molar-refractivity contribution in [1.82, 2.24) is 13.7 Å². The van der Waals surface area contributed by atoms with Gasteiger partial charge in [-0.25, -0.2) is 0 Å². The van der Waals surface area contributed by atoms with Gasteiger partial charge in [0.25, 0.3) is 0 Å². The van der Waals surface area contributed by atoms with Gasteiger partial charge in [-0.15, -0.1) is 34.0 Å². The average molecular weight is 499 g/mol. The normalized spacial score (nSPS) is 11.4. The maximum Gasteiger partial charge on any atom is 0.182 e. The van der Waals surface area contributed by atoms with Gasteiger partial charge >= 0.3 is 0 Å². The monoisotopic (exact) mass is 498 g/mol. The first-order valence-corrected chi connectivity index (χ1v) is 14.0. The molecule has 0 atom stereocenters. The molecule has 0 bridgehead atoms. The standard InChI is InChI=1S/C24H30N6S3/c1-4-7-28-19(13-31-22(28)25)16-10-17(20-14-32-23(26)29(20)8-5-2)12-18(11-16)21-15-33-24(27)30(21)9-6-3/h10-15,25-27H,4-9H2,1-3H3. The van der Waals surface area contributed by atoms with Gasteiger partial charge < -0.3 is 13.7 Å². The van der Waals surface area contributed by atoms with Crippen LogP contribution >= 0.6 is 34.0 Å². The lowest BCUT2D eigenvalue weighted by atomic mass is 10.00. The summed E-state index contributed by atoms with van der Waals surface area (Å²) in [5.41, 5.74) is 6.40. The van der Waals surface area contributed by atoms with Crippen LogP contribution in [0.25, 0.3) is 33.8 Å². The predicted octanol–water partition coefficient (Wildman–Crippen LogP) is 5.95. The summed E-state index contributed by atoms with van der Waals surface area (Å²) in [4.78, 5) is 1.69. The smallest absolute Gasteiger partial charge is 0.182 e. The molecule has 0 amide bonds. The Hall–Kier alpha value is -2.49. The molecule has 0 aliphatic rings. The maximum absolute atomic E-state index is 8.39. The van der Waals surface area contributed by atoms with E-state index in [9.17, 15) is 0 Å². The number of nitrogens with zero attached hydrogens (tertiary/aromatic N) is 3. The third-order valence-corrected chi connectivity index (χ3v) is 7.97. The molecule has 0 fully saturated rings. The minimum Gasteiger partial charge on any atom is -0.317 e. The zero-order chi connectivity index (χ0) is 23.5. The number of rotatable bonds is 9. The van der Waals surface area contributed by atoms with Crippen LogP contribution in [0.3, 0.4) is 0 Å². The molecule has 9 heteroatoms. The fourth-order valence-electron chi connectivity index (χ4n) is 4.12. The Balaban J connectivity index is 1.99. The van der Waals surface area contributed by atoms with Crippen molar-refractivity contribution in [2.45, 2.75) is 59.7 Å². The van der Waals surface area contributed by atoms with Gasteiger partial charge in [0, 0.05) is 52.5 Å². The number of nitrogens with one attached hydrogen (secondary N) is 3. The Morgan fingerprint density at radius 2 is 0.818 bits per heavy atom. The molecule has 33 heavy (non-hydrogen) atoms. The van der Waals surface area contributed by atoms with E-state index >= 15 is 0 Å². The van der Waals surface area contributed by atoms with Crippen molar-refractivity contribution in [1.29, 1.82) is 16.2 Å². The van der Waals surface area contributed by atoms with E-state index in [-0.39, 0.29) is 0 Å². The summed E-state index contributed by atoms with van der Waals surface area (Å²) in [5, 5.41) is 31.4. The van der Waals surface area contributed by atoms with E-state index in [1.54, 1.807) is 0 Å². The molecule has 174 valence electrons. The number of hydrogen-bond acceptors (Lipinski definition) is 6. The quantitative estimate of drug-likeness (QED) is 0.255. The van der Waals surface area contributed by atoms with E-state index in [0.29, 0.717) is 14.4 Å². The Morgan fingerprint density at radius 3 is 1.06 bits per heavy atom. The molecule has 4 rings (SSSR count). The summed E-state index contributed by atoms with van der Waals surface area (Å²) in [6.45, 7) is 8.85. The highest BCUT2D eigenvalue weighted by molar-refractivity contribution is 7.07. The lowest BCUT2D eigenvalue weighted by Gasteiger charge is -2.15. The summed E-state index contributed by atoms with van der Waals surface area (Å²) in [7, 11) is 0. The lowest BCUT2D eigenvalue weighted by Crippen LogP contribution is -2.15. The summed E-state index contributed by atoms with van der Waals surface area (Å²) < 4.78 is 6.25. The van der Waals surface area contributed by atoms with Crippen LogP contribution < -0.4 is 14.4 Å². The third-order valence-electron chi connectivity index (χ3n) is 5.62. The average Bonchev–Trinajstić information content (AvgIpc) is 3.47. The lowest BCUT2D eigenvalue weighted by molar-refractivity contribution is 0.659. The molecule has 3 heterocycles. The summed E-state index contributed by atoms with van der Waals surface area (Å²) in [6.07, 6.45) is 2.91. The van der Waals surface area contributed by atoms with Crippen molar-refractivity contribution < 1.29 is 0 Å². The number of benzene rings is 1. The molecular formula is C24H30N6S3. The first-order valence-electron chi connectivity index (χ1n) is 11.3. The van der Waals surface area contributed by atoms with Crippen LogP contribution in [0.1, 0.15) is 40.0 Å². The Kier molecular flexibility index (Phi) is 7.31. The van der Waals surface area contributed by atoms with E-state index in [1.165, 1.54) is 34.0 Å². The van der Waals surface area contributed by atoms with Gasteiger partial charge in [-0.3, -0.25) is 16.2 Å². The summed E-state index contributed by atoms with van der Waals surface area (Å²) in [5.74, 6) is 0. The van der Waals surface area contributed by atoms with Crippen molar-refractivity contribution in [3.8, 4) is 33.8 Å². The van der Waals surface area contributed by atoms with Crippen LogP contribution in [0.5, 0.6) is 0 Å². The van der Waals surface area contributed by atoms with Crippen molar-refractivity contribution in [2.75, 3.05) is 0 Å². The van der Waals surface area contributed by atoms with E-state index in [2.05, 4.69) is 68.8 Å². The topological polar surface area (TPSA) is 86.3 Å². The van der Waals surface area contributed by atoms with Crippen molar-refractivity contribution >= 4 is 34.0 Å². The largest absolute Gasteiger partial charge is 0.317 e. The van der Waals surface area contributed by atoms with Crippen molar-refractivity contribution in [3.05, 3.63) is 48.7 Å². The van der Waals surface area contributed by atoms with E-state index in [0.717, 1.165) is 72.7 Å². The highest BCUT2D eigenvalue weighted by Gasteiger charge is 2.16. The molecule has 0 aliphatic heterocycles. The second-order valence-electron chi connectivity index (χ2n) is 8.03. The molecule has 4 aromatic rings. The first kappa shape index (κ1) is 23.7. The molecule has 3 N–H and O–H groups in total. The highest BCUT2D eigenvalue weighted by Crippen LogP contribution is 2.34. The van der Waals surface area contributed by atoms with Gasteiger partial charge in [-0.1, -0.05) is 20.8 Å². The Bertz CT molecular complexity index is 1240. The third kappa shape index (κ3) is 4.62. The van der Waals surface area contributed by atoms with Crippen LogP contribution in [-0.4, -0.2) is 13.7 Å². The van der Waals surface area contributed by atoms with Gasteiger partial charge in [-0.05, 0) is 37.5 Å². The fraction of sp³-hybridized carbons (Fsp3) is 0.375. The van der Waals surface area contributed by atoms with Crippen LogP contribution in [0.2, 0.25) is 0 Å². The molecule has 0 unspecified atom stereocenters. The Labute approximate surface area is 205 Å². The summed E-state index contributed by atoms with van der Waals surface area (Å²) >= 11 is 4.39. The van der Waals surface area contributed by atoms with Crippen LogP contribution in [0, 0.1) is 16.2 Å². The Morgan fingerprint density at radius 1 is 0.545 bits per heavy atom. The summed E-state index contributed by atoms with van der Waals surface area (Å²) in [6, 6.07) is 6.59. The molecule has 0 saturated carbocycles. The molecule has 0 spiro atoms. The van der Waals surface area contributed by atoms with Gasteiger partial charge in [-0.2, -0.15) is 0 Å². The number of hydrogen-bond donors (Lipinski definition) is 3. The molecule has 1 aromatic carbocycles. The minimum absolute atomic E-state index is 0.564. The van der Waals surface area contributed by atoms with Crippen LogP contribution in [-0.2, 0) is 19.6 Å². The van der Waals surface area contributed by atoms with Crippen LogP contribution in [0.15, 0.2) is 34.3 Å². The van der Waals surface area contributed by atoms with Gasteiger partial charge in [0.15, 0.2) is 14.4 Å². The highest BCUT2D eigenvalue weighted by atomic mass is 32.1. The molecule has 0 radical (unpaired) electrons. The van der Waals surface area contributed by atoms with E-state index in [1.807, 2.05) is 0 Å². The predicted molar refractivity (Wildman–Crippen MR) is 139 cm³/mol. The minimum atomic E-state index is 0.564. The van der Waals surface area contributed by atoms with Crippen LogP contribution in [0.4, 0.5) is 0 Å². The van der Waals surface area contributed by atoms with E-state index < -0.39 is 0 Å². The van der Waals surface area contributed by atoms with Crippen molar-refractivity contribution in [3.63, 3.8) is 0 Å². The zero-order valence-corrected chi connectivity index (χ0v) is 21.7. The molecule has 6 nitrogen and oxygen atoms in total. The molecular weight excluding hydrogens is 469 g/mol. The molecule has 0 saturated heterocycles. The fourth-order valence-corrected chi connectivity index (χ4v) is 6.53. The number of thiazole rings is 3. The zero-order valence-electron chi connectivity index (χ0n) is 19.3. The number of aromatic nitrogens is 3. The SMILES string of the molecule is CCCn1c(-c2cc(-c3csc(=N)n3CCC)cc(-c3csc(=N)n3CCC)c2)csc1=N. The maximum atomic E-state index is 8.39. The molecule has 3 aromatic heterocycles. The van der Waals surface area contributed by atoms with Crippen molar-refractivity contribution in [2.24, 2.45) is 0 Å². The van der Waals surface area contributed by atoms with Gasteiger partial charge in [0.2, 0.25) is 0 Å². The van der Waals surface area contributed by atoms with Gasteiger partial charge in [0.1, 0.15) is 0 Å². The first-order chi connectivity index (χ1) is 16.0. The molecule has 0 aliphatic carbocycles.